The monoisotopic (exact) mass is 385 g/mol. The lowest BCUT2D eigenvalue weighted by atomic mass is 10.1. The Hall–Kier alpha value is -3.60. The summed E-state index contributed by atoms with van der Waals surface area (Å²) in [6.07, 6.45) is -3.29. The molecule has 1 aromatic heterocycles. The fourth-order valence-electron chi connectivity index (χ4n) is 2.54. The number of para-hydroxylation sites is 1. The maximum atomic E-state index is 12.7. The Morgan fingerprint density at radius 1 is 1.14 bits per heavy atom. The highest BCUT2D eigenvalue weighted by Crippen LogP contribution is 2.29. The van der Waals surface area contributed by atoms with Crippen molar-refractivity contribution in [3.05, 3.63) is 76.1 Å². The second-order valence-corrected chi connectivity index (χ2v) is 5.84. The zero-order valence-electron chi connectivity index (χ0n) is 14.5. The number of hydrogen-bond donors (Lipinski definition) is 1. The van der Waals surface area contributed by atoms with Crippen molar-refractivity contribution >= 4 is 16.8 Å². The molecule has 0 unspecified atom stereocenters. The molecule has 1 N–H and O–H groups in total. The molecule has 3 rings (SSSR count). The molecular formula is C20H14F3N3O2. The van der Waals surface area contributed by atoms with E-state index >= 15 is 0 Å². The van der Waals surface area contributed by atoms with Crippen LogP contribution in [0.2, 0.25) is 0 Å². The SMILES string of the molecule is O=C(Cn1ncc(=O)c2ccccc21)NCC#Cc1cccc(C(F)(F)F)c1. The normalized spacial score (nSPS) is 11.0. The number of halogens is 3. The predicted octanol–water partition coefficient (Wildman–Crippen LogP) is 2.58. The minimum atomic E-state index is -4.43. The van der Waals surface area contributed by atoms with Crippen molar-refractivity contribution < 1.29 is 18.0 Å². The zero-order chi connectivity index (χ0) is 20.1. The first-order valence-electron chi connectivity index (χ1n) is 8.22. The molecule has 1 heterocycles. The van der Waals surface area contributed by atoms with Gasteiger partial charge in [0.25, 0.3) is 0 Å². The van der Waals surface area contributed by atoms with E-state index in [1.165, 1.54) is 16.8 Å². The highest BCUT2D eigenvalue weighted by molar-refractivity contribution is 5.81. The number of nitrogens with one attached hydrogen (secondary N) is 1. The van der Waals surface area contributed by atoms with Crippen molar-refractivity contribution in [2.24, 2.45) is 0 Å². The molecule has 142 valence electrons. The van der Waals surface area contributed by atoms with Crippen LogP contribution in [-0.2, 0) is 17.5 Å². The van der Waals surface area contributed by atoms with Crippen molar-refractivity contribution in [3.8, 4) is 11.8 Å². The summed E-state index contributed by atoms with van der Waals surface area (Å²) in [5.41, 5.74) is -0.281. The van der Waals surface area contributed by atoms with Gasteiger partial charge in [0.2, 0.25) is 11.3 Å². The average molecular weight is 385 g/mol. The maximum Gasteiger partial charge on any atom is 0.416 e. The Kier molecular flexibility index (Phi) is 5.45. The molecule has 2 aromatic carbocycles. The van der Waals surface area contributed by atoms with E-state index in [2.05, 4.69) is 22.3 Å². The van der Waals surface area contributed by atoms with E-state index in [9.17, 15) is 22.8 Å². The Balaban J connectivity index is 1.63. The number of carbonyl (C=O) groups is 1. The largest absolute Gasteiger partial charge is 0.416 e. The standard InChI is InChI=1S/C20H14F3N3O2/c21-20(22,23)15-7-3-5-14(11-15)6-4-10-24-19(28)13-26-17-9-2-1-8-16(17)18(27)12-25-26/h1-3,5,7-9,11-12H,10,13H2,(H,24,28). The van der Waals surface area contributed by atoms with Gasteiger partial charge in [0.05, 0.1) is 23.8 Å². The van der Waals surface area contributed by atoms with Crippen molar-refractivity contribution in [2.75, 3.05) is 6.54 Å². The molecule has 28 heavy (non-hydrogen) atoms. The van der Waals surface area contributed by atoms with Gasteiger partial charge in [-0.2, -0.15) is 18.3 Å². The summed E-state index contributed by atoms with van der Waals surface area (Å²) in [7, 11) is 0. The fraction of sp³-hybridized carbons (Fsp3) is 0.150. The van der Waals surface area contributed by atoms with Crippen molar-refractivity contribution in [1.29, 1.82) is 0 Å². The third kappa shape index (κ3) is 4.57. The Morgan fingerprint density at radius 2 is 1.93 bits per heavy atom. The number of carbonyl (C=O) groups excluding carboxylic acids is 1. The molecule has 0 saturated heterocycles. The fourth-order valence-corrected chi connectivity index (χ4v) is 2.54. The third-order valence-corrected chi connectivity index (χ3v) is 3.85. The smallest absolute Gasteiger partial charge is 0.344 e. The van der Waals surface area contributed by atoms with Crippen LogP contribution in [-0.4, -0.2) is 22.2 Å². The van der Waals surface area contributed by atoms with Gasteiger partial charge in [-0.1, -0.05) is 30.0 Å². The molecule has 8 heteroatoms. The first kappa shape index (κ1) is 19.2. The molecule has 0 radical (unpaired) electrons. The van der Waals surface area contributed by atoms with E-state index in [1.807, 2.05) is 0 Å². The van der Waals surface area contributed by atoms with Gasteiger partial charge < -0.3 is 5.32 Å². The molecule has 3 aromatic rings. The lowest BCUT2D eigenvalue weighted by molar-refractivity contribution is -0.137. The van der Waals surface area contributed by atoms with Crippen molar-refractivity contribution in [2.45, 2.75) is 12.7 Å². The van der Waals surface area contributed by atoms with E-state index in [0.717, 1.165) is 18.3 Å². The summed E-state index contributed by atoms with van der Waals surface area (Å²) < 4.78 is 39.4. The number of amides is 1. The molecule has 0 spiro atoms. The molecule has 0 aliphatic heterocycles. The first-order chi connectivity index (χ1) is 13.3. The van der Waals surface area contributed by atoms with Crippen molar-refractivity contribution in [3.63, 3.8) is 0 Å². The van der Waals surface area contributed by atoms with Crippen LogP contribution in [0, 0.1) is 11.8 Å². The second-order valence-electron chi connectivity index (χ2n) is 5.84. The maximum absolute atomic E-state index is 12.7. The van der Waals surface area contributed by atoms with Gasteiger partial charge in [0.1, 0.15) is 6.54 Å². The number of hydrogen-bond acceptors (Lipinski definition) is 3. The minimum absolute atomic E-state index is 0.0345. The highest BCUT2D eigenvalue weighted by Gasteiger charge is 2.30. The van der Waals surface area contributed by atoms with E-state index in [-0.39, 0.29) is 30.0 Å². The van der Waals surface area contributed by atoms with Crippen LogP contribution in [0.4, 0.5) is 13.2 Å². The van der Waals surface area contributed by atoms with Crippen LogP contribution in [0.1, 0.15) is 11.1 Å². The van der Waals surface area contributed by atoms with Crippen molar-refractivity contribution in [1.82, 2.24) is 15.1 Å². The molecule has 0 atom stereocenters. The predicted molar refractivity (Wildman–Crippen MR) is 97.3 cm³/mol. The topological polar surface area (TPSA) is 64.0 Å². The van der Waals surface area contributed by atoms with Gasteiger partial charge in [0.15, 0.2) is 0 Å². The summed E-state index contributed by atoms with van der Waals surface area (Å²) in [4.78, 5) is 23.9. The van der Waals surface area contributed by atoms with Crippen LogP contribution >= 0.6 is 0 Å². The lowest BCUT2D eigenvalue weighted by Crippen LogP contribution is -2.29. The molecule has 5 nitrogen and oxygen atoms in total. The minimum Gasteiger partial charge on any atom is -0.344 e. The average Bonchev–Trinajstić information content (AvgIpc) is 2.67. The van der Waals surface area contributed by atoms with E-state index in [1.54, 1.807) is 24.3 Å². The lowest BCUT2D eigenvalue weighted by Gasteiger charge is -2.08. The van der Waals surface area contributed by atoms with E-state index in [4.69, 9.17) is 0 Å². The Morgan fingerprint density at radius 3 is 2.71 bits per heavy atom. The number of rotatable bonds is 3. The molecule has 0 bridgehead atoms. The number of aromatic nitrogens is 2. The third-order valence-electron chi connectivity index (χ3n) is 3.85. The van der Waals surface area contributed by atoms with Gasteiger partial charge in [-0.05, 0) is 30.3 Å². The van der Waals surface area contributed by atoms with Crippen LogP contribution in [0.3, 0.4) is 0 Å². The first-order valence-corrected chi connectivity index (χ1v) is 8.22. The molecule has 0 saturated carbocycles. The zero-order valence-corrected chi connectivity index (χ0v) is 14.5. The van der Waals surface area contributed by atoms with Gasteiger partial charge in [-0.25, -0.2) is 0 Å². The second kappa shape index (κ2) is 7.96. The van der Waals surface area contributed by atoms with Gasteiger partial charge in [-0.15, -0.1) is 0 Å². The van der Waals surface area contributed by atoms with Crippen LogP contribution in [0.15, 0.2) is 59.5 Å². The van der Waals surface area contributed by atoms with E-state index < -0.39 is 11.7 Å². The highest BCUT2D eigenvalue weighted by atomic mass is 19.4. The molecule has 1 amide bonds. The quantitative estimate of drug-likeness (QED) is 0.705. The van der Waals surface area contributed by atoms with Gasteiger partial charge in [-0.3, -0.25) is 14.3 Å². The van der Waals surface area contributed by atoms with Crippen LogP contribution < -0.4 is 10.7 Å². The summed E-state index contributed by atoms with van der Waals surface area (Å²) in [5, 5.41) is 6.96. The summed E-state index contributed by atoms with van der Waals surface area (Å²) >= 11 is 0. The Labute approximate surface area is 157 Å². The molecule has 0 aliphatic rings. The summed E-state index contributed by atoms with van der Waals surface area (Å²) in [5.74, 6) is 4.81. The summed E-state index contributed by atoms with van der Waals surface area (Å²) in [6, 6.07) is 11.4. The molecule has 0 fully saturated rings. The summed E-state index contributed by atoms with van der Waals surface area (Å²) in [6.45, 7) is -0.154. The Bertz CT molecular complexity index is 1140. The molecule has 0 aliphatic carbocycles. The molecular weight excluding hydrogens is 371 g/mol. The van der Waals surface area contributed by atoms with Crippen LogP contribution in [0.5, 0.6) is 0 Å². The van der Waals surface area contributed by atoms with Crippen LogP contribution in [0.25, 0.3) is 10.9 Å². The van der Waals surface area contributed by atoms with Gasteiger partial charge in [0, 0.05) is 10.9 Å². The number of nitrogens with zero attached hydrogens (tertiary/aromatic N) is 2. The van der Waals surface area contributed by atoms with E-state index in [0.29, 0.717) is 10.9 Å². The van der Waals surface area contributed by atoms with Gasteiger partial charge >= 0.3 is 6.18 Å². The number of alkyl halides is 3. The number of benzene rings is 2. The number of fused-ring (bicyclic) bond motifs is 1.